The molecule has 1 aliphatic rings. The fraction of sp³-hybridized carbons (Fsp3) is 0.200. The minimum Gasteiger partial charge on any atom is -0.289 e. The van der Waals surface area contributed by atoms with Crippen LogP contribution in [0.1, 0.15) is 11.3 Å². The first kappa shape index (κ1) is 11.8. The van der Waals surface area contributed by atoms with E-state index in [1.807, 2.05) is 18.2 Å². The Bertz CT molecular complexity index is 878. The number of thioether (sulfide) groups is 1. The second kappa shape index (κ2) is 4.24. The maximum Gasteiger partial charge on any atom is 0.286 e. The van der Waals surface area contributed by atoms with Crippen LogP contribution in [0.3, 0.4) is 0 Å². The first-order valence-corrected chi connectivity index (χ1v) is 7.55. The van der Waals surface area contributed by atoms with Crippen molar-refractivity contribution in [1.29, 1.82) is 0 Å². The second-order valence-corrected chi connectivity index (χ2v) is 6.13. The lowest BCUT2D eigenvalue weighted by atomic mass is 10.1. The zero-order valence-electron chi connectivity index (χ0n) is 11.0. The molecule has 20 heavy (non-hydrogen) atoms. The second-order valence-electron chi connectivity index (χ2n) is 5.02. The molecule has 0 saturated carbocycles. The highest BCUT2D eigenvalue weighted by molar-refractivity contribution is 7.99. The van der Waals surface area contributed by atoms with E-state index in [9.17, 15) is 4.79 Å². The Labute approximate surface area is 119 Å². The third-order valence-electron chi connectivity index (χ3n) is 3.56. The zero-order valence-corrected chi connectivity index (χ0v) is 11.8. The first-order chi connectivity index (χ1) is 9.72. The highest BCUT2D eigenvalue weighted by Gasteiger charge is 2.20. The fourth-order valence-corrected chi connectivity index (χ4v) is 3.61. The van der Waals surface area contributed by atoms with E-state index in [0.29, 0.717) is 5.65 Å². The van der Waals surface area contributed by atoms with Crippen LogP contribution < -0.4 is 5.56 Å². The molecule has 0 atom stereocenters. The minimum atomic E-state index is 0.0198. The number of H-pyrrole nitrogens is 1. The third kappa shape index (κ3) is 1.70. The predicted molar refractivity (Wildman–Crippen MR) is 80.4 cm³/mol. The largest absolute Gasteiger partial charge is 0.289 e. The Kier molecular flexibility index (Phi) is 2.50. The molecule has 5 heteroatoms. The predicted octanol–water partition coefficient (Wildman–Crippen LogP) is 2.65. The van der Waals surface area contributed by atoms with E-state index in [2.05, 4.69) is 29.1 Å². The van der Waals surface area contributed by atoms with Gasteiger partial charge in [0, 0.05) is 18.2 Å². The molecule has 3 heterocycles. The molecule has 3 aromatic rings. The Morgan fingerprint density at radius 3 is 3.10 bits per heavy atom. The van der Waals surface area contributed by atoms with E-state index in [4.69, 9.17) is 0 Å². The van der Waals surface area contributed by atoms with Gasteiger partial charge >= 0.3 is 0 Å². The van der Waals surface area contributed by atoms with Crippen molar-refractivity contribution in [1.82, 2.24) is 14.6 Å². The maximum absolute atomic E-state index is 12.4. The normalized spacial score (nSPS) is 13.8. The number of rotatable bonds is 1. The Balaban J connectivity index is 1.96. The molecule has 0 spiro atoms. The monoisotopic (exact) mass is 283 g/mol. The molecule has 1 N–H and O–H groups in total. The van der Waals surface area contributed by atoms with Gasteiger partial charge in [-0.3, -0.25) is 9.89 Å². The summed E-state index contributed by atoms with van der Waals surface area (Å²) in [5.41, 5.74) is 4.85. The quantitative estimate of drug-likeness (QED) is 0.747. The standard InChI is InChI=1S/C15H13N3OS/c1-9-3-2-4-10(7-9)12-8-13-16-11-5-6-20-14(11)15(19)18(13)17-12/h2-4,7-8,17H,5-6H2,1H3. The number of nitrogens with zero attached hydrogens (tertiary/aromatic N) is 2. The van der Waals surface area contributed by atoms with Gasteiger partial charge in [-0.25, -0.2) is 9.50 Å². The van der Waals surface area contributed by atoms with Crippen LogP contribution in [0.2, 0.25) is 0 Å². The van der Waals surface area contributed by atoms with Crippen molar-refractivity contribution in [3.05, 3.63) is 51.9 Å². The van der Waals surface area contributed by atoms with Crippen molar-refractivity contribution < 1.29 is 0 Å². The lowest BCUT2D eigenvalue weighted by Crippen LogP contribution is -2.17. The van der Waals surface area contributed by atoms with Crippen LogP contribution in [0.4, 0.5) is 0 Å². The topological polar surface area (TPSA) is 50.2 Å². The smallest absolute Gasteiger partial charge is 0.286 e. The summed E-state index contributed by atoms with van der Waals surface area (Å²) in [6.45, 7) is 2.06. The van der Waals surface area contributed by atoms with Crippen LogP contribution in [0.25, 0.3) is 16.9 Å². The number of aryl methyl sites for hydroxylation is 2. The molecule has 1 aliphatic heterocycles. The molecule has 1 aromatic carbocycles. The summed E-state index contributed by atoms with van der Waals surface area (Å²) in [4.78, 5) is 17.8. The minimum absolute atomic E-state index is 0.0198. The Morgan fingerprint density at radius 1 is 1.35 bits per heavy atom. The van der Waals surface area contributed by atoms with E-state index in [-0.39, 0.29) is 5.56 Å². The van der Waals surface area contributed by atoms with Crippen molar-refractivity contribution in [3.63, 3.8) is 0 Å². The summed E-state index contributed by atoms with van der Waals surface area (Å²) in [5, 5.41) is 3.17. The van der Waals surface area contributed by atoms with Gasteiger partial charge in [0.05, 0.1) is 16.3 Å². The van der Waals surface area contributed by atoms with Gasteiger partial charge in [0.25, 0.3) is 5.56 Å². The van der Waals surface area contributed by atoms with Gasteiger partial charge in [-0.1, -0.05) is 23.8 Å². The van der Waals surface area contributed by atoms with Gasteiger partial charge in [-0.2, -0.15) is 0 Å². The molecule has 2 aromatic heterocycles. The Hall–Kier alpha value is -2.01. The highest BCUT2D eigenvalue weighted by Crippen LogP contribution is 2.27. The van der Waals surface area contributed by atoms with E-state index in [1.165, 1.54) is 5.56 Å². The number of hydrogen-bond acceptors (Lipinski definition) is 3. The molecular weight excluding hydrogens is 270 g/mol. The average Bonchev–Trinajstić information content (AvgIpc) is 3.05. The molecule has 100 valence electrons. The molecule has 4 rings (SSSR count). The molecule has 0 bridgehead atoms. The molecule has 0 radical (unpaired) electrons. The number of aromatic amines is 1. The summed E-state index contributed by atoms with van der Waals surface area (Å²) in [5.74, 6) is 0.954. The molecule has 0 amide bonds. The lowest BCUT2D eigenvalue weighted by Gasteiger charge is -1.99. The number of nitrogens with one attached hydrogen (secondary N) is 1. The Morgan fingerprint density at radius 2 is 2.25 bits per heavy atom. The summed E-state index contributed by atoms with van der Waals surface area (Å²) >= 11 is 1.60. The third-order valence-corrected chi connectivity index (χ3v) is 4.67. The van der Waals surface area contributed by atoms with Gasteiger partial charge < -0.3 is 0 Å². The van der Waals surface area contributed by atoms with E-state index in [1.54, 1.807) is 16.3 Å². The van der Waals surface area contributed by atoms with Crippen LogP contribution in [0, 0.1) is 6.92 Å². The van der Waals surface area contributed by atoms with Gasteiger partial charge in [0.1, 0.15) is 0 Å². The van der Waals surface area contributed by atoms with Crippen molar-refractivity contribution in [2.45, 2.75) is 18.2 Å². The number of hydrogen-bond donors (Lipinski definition) is 1. The fourth-order valence-electron chi connectivity index (χ4n) is 2.58. The highest BCUT2D eigenvalue weighted by atomic mass is 32.2. The SMILES string of the molecule is Cc1cccc(-c2cc3nc4c(c(=O)n3[nH]2)SCC4)c1. The van der Waals surface area contributed by atoms with E-state index in [0.717, 1.165) is 34.0 Å². The van der Waals surface area contributed by atoms with Crippen LogP contribution in [-0.4, -0.2) is 20.4 Å². The first-order valence-electron chi connectivity index (χ1n) is 6.57. The summed E-state index contributed by atoms with van der Waals surface area (Å²) in [6, 6.07) is 10.1. The van der Waals surface area contributed by atoms with Gasteiger partial charge in [-0.15, -0.1) is 11.8 Å². The van der Waals surface area contributed by atoms with Crippen molar-refractivity contribution in [2.75, 3.05) is 5.75 Å². The van der Waals surface area contributed by atoms with Gasteiger partial charge in [-0.05, 0) is 18.6 Å². The lowest BCUT2D eigenvalue weighted by molar-refractivity contribution is 0.847. The molecule has 0 aliphatic carbocycles. The van der Waals surface area contributed by atoms with E-state index >= 15 is 0 Å². The molecular formula is C15H13N3OS. The number of benzene rings is 1. The average molecular weight is 283 g/mol. The van der Waals surface area contributed by atoms with Crippen LogP contribution >= 0.6 is 11.8 Å². The van der Waals surface area contributed by atoms with Crippen molar-refractivity contribution in [2.24, 2.45) is 0 Å². The molecule has 0 unspecified atom stereocenters. The van der Waals surface area contributed by atoms with Gasteiger partial charge in [0.2, 0.25) is 0 Å². The van der Waals surface area contributed by atoms with Crippen molar-refractivity contribution >= 4 is 17.4 Å². The maximum atomic E-state index is 12.4. The number of fused-ring (bicyclic) bond motifs is 2. The molecule has 0 fully saturated rings. The van der Waals surface area contributed by atoms with Crippen LogP contribution in [-0.2, 0) is 6.42 Å². The number of aromatic nitrogens is 3. The van der Waals surface area contributed by atoms with E-state index < -0.39 is 0 Å². The summed E-state index contributed by atoms with van der Waals surface area (Å²) in [6.07, 6.45) is 0.886. The summed E-state index contributed by atoms with van der Waals surface area (Å²) in [7, 11) is 0. The van der Waals surface area contributed by atoms with Crippen molar-refractivity contribution in [3.8, 4) is 11.3 Å². The molecule has 0 saturated heterocycles. The van der Waals surface area contributed by atoms with Crippen LogP contribution in [0.15, 0.2) is 40.0 Å². The van der Waals surface area contributed by atoms with Crippen LogP contribution in [0.5, 0.6) is 0 Å². The van der Waals surface area contributed by atoms with Gasteiger partial charge in [0.15, 0.2) is 5.65 Å². The molecule has 4 nitrogen and oxygen atoms in total. The zero-order chi connectivity index (χ0) is 13.7. The summed E-state index contributed by atoms with van der Waals surface area (Å²) < 4.78 is 1.55.